The van der Waals surface area contributed by atoms with Crippen LogP contribution in [0.4, 0.5) is 0 Å². The average Bonchev–Trinajstić information content (AvgIpc) is 2.26. The van der Waals surface area contributed by atoms with E-state index < -0.39 is 0 Å². The minimum absolute atomic E-state index is 0.00538. The van der Waals surface area contributed by atoms with Crippen molar-refractivity contribution in [2.45, 2.75) is 12.6 Å². The Morgan fingerprint density at radius 3 is 3.00 bits per heavy atom. The van der Waals surface area contributed by atoms with Crippen molar-refractivity contribution in [3.8, 4) is 0 Å². The highest BCUT2D eigenvalue weighted by molar-refractivity contribution is 6.30. The molecular weight excluding hydrogens is 236 g/mol. The zero-order valence-corrected chi connectivity index (χ0v) is 10.3. The van der Waals surface area contributed by atoms with E-state index >= 15 is 0 Å². The molecule has 0 unspecified atom stereocenters. The maximum absolute atomic E-state index is 11.2. The molecule has 0 aliphatic carbocycles. The molecule has 4 heteroatoms. The molecule has 1 aromatic rings. The Morgan fingerprint density at radius 2 is 2.35 bits per heavy atom. The predicted octanol–water partition coefficient (Wildman–Crippen LogP) is 1.83. The highest BCUT2D eigenvalue weighted by Gasteiger charge is 2.28. The standard InChI is InChI=1S/C13H15ClN2O/c1-2-13(17)16-8-12(9-16)15-7-10-4-3-5-11(14)6-10/h2-6,12,15H,1,7-9H2. The van der Waals surface area contributed by atoms with Crippen molar-refractivity contribution in [1.29, 1.82) is 0 Å². The Bertz CT molecular complexity index is 427. The summed E-state index contributed by atoms with van der Waals surface area (Å²) < 4.78 is 0. The van der Waals surface area contributed by atoms with E-state index in [4.69, 9.17) is 11.6 Å². The molecule has 1 aliphatic rings. The van der Waals surface area contributed by atoms with Gasteiger partial charge in [0.15, 0.2) is 0 Å². The summed E-state index contributed by atoms with van der Waals surface area (Å²) in [6, 6.07) is 8.15. The number of nitrogens with zero attached hydrogens (tertiary/aromatic N) is 1. The Hall–Kier alpha value is -1.32. The fraction of sp³-hybridized carbons (Fsp3) is 0.308. The molecule has 0 atom stereocenters. The van der Waals surface area contributed by atoms with E-state index in [2.05, 4.69) is 11.9 Å². The first-order valence-electron chi connectivity index (χ1n) is 5.58. The van der Waals surface area contributed by atoms with Gasteiger partial charge in [-0.3, -0.25) is 4.79 Å². The number of hydrogen-bond acceptors (Lipinski definition) is 2. The molecule has 0 aromatic heterocycles. The predicted molar refractivity (Wildman–Crippen MR) is 68.9 cm³/mol. The molecule has 3 nitrogen and oxygen atoms in total. The third kappa shape index (κ3) is 3.08. The molecule has 90 valence electrons. The molecule has 1 amide bonds. The SMILES string of the molecule is C=CC(=O)N1CC(NCc2cccc(Cl)c2)C1. The Labute approximate surface area is 106 Å². The molecule has 1 fully saturated rings. The summed E-state index contributed by atoms with van der Waals surface area (Å²) in [7, 11) is 0. The van der Waals surface area contributed by atoms with Crippen LogP contribution in [0.5, 0.6) is 0 Å². The average molecular weight is 251 g/mol. The molecule has 17 heavy (non-hydrogen) atoms. The van der Waals surface area contributed by atoms with Crippen molar-refractivity contribution < 1.29 is 4.79 Å². The number of amides is 1. The van der Waals surface area contributed by atoms with Gasteiger partial charge in [0.2, 0.25) is 5.91 Å². The topological polar surface area (TPSA) is 32.3 Å². The molecule has 1 aromatic carbocycles. The smallest absolute Gasteiger partial charge is 0.246 e. The first-order chi connectivity index (χ1) is 8.19. The summed E-state index contributed by atoms with van der Waals surface area (Å²) in [4.78, 5) is 13.0. The largest absolute Gasteiger partial charge is 0.336 e. The van der Waals surface area contributed by atoms with Gasteiger partial charge in [0.05, 0.1) is 0 Å². The molecule has 0 radical (unpaired) electrons. The molecule has 1 saturated heterocycles. The van der Waals surface area contributed by atoms with E-state index in [1.54, 1.807) is 4.90 Å². The van der Waals surface area contributed by atoms with Gasteiger partial charge in [0.1, 0.15) is 0 Å². The van der Waals surface area contributed by atoms with E-state index in [1.807, 2.05) is 24.3 Å². The van der Waals surface area contributed by atoms with Crippen LogP contribution in [-0.2, 0) is 11.3 Å². The van der Waals surface area contributed by atoms with Crippen molar-refractivity contribution in [2.75, 3.05) is 13.1 Å². The van der Waals surface area contributed by atoms with E-state index in [1.165, 1.54) is 6.08 Å². The minimum Gasteiger partial charge on any atom is -0.336 e. The van der Waals surface area contributed by atoms with Crippen LogP contribution in [0.1, 0.15) is 5.56 Å². The number of benzene rings is 1. The lowest BCUT2D eigenvalue weighted by molar-refractivity contribution is -0.130. The Kier molecular flexibility index (Phi) is 3.82. The van der Waals surface area contributed by atoms with Gasteiger partial charge >= 0.3 is 0 Å². The van der Waals surface area contributed by atoms with Crippen molar-refractivity contribution >= 4 is 17.5 Å². The molecule has 0 bridgehead atoms. The fourth-order valence-corrected chi connectivity index (χ4v) is 2.04. The van der Waals surface area contributed by atoms with E-state index in [0.717, 1.165) is 30.2 Å². The van der Waals surface area contributed by atoms with Crippen molar-refractivity contribution in [3.63, 3.8) is 0 Å². The maximum atomic E-state index is 11.2. The van der Waals surface area contributed by atoms with Gasteiger partial charge in [-0.25, -0.2) is 0 Å². The molecular formula is C13H15ClN2O. The maximum Gasteiger partial charge on any atom is 0.246 e. The summed E-state index contributed by atoms with van der Waals surface area (Å²) >= 11 is 5.90. The van der Waals surface area contributed by atoms with Gasteiger partial charge in [0.25, 0.3) is 0 Å². The number of likely N-dealkylation sites (tertiary alicyclic amines) is 1. The second-order valence-electron chi connectivity index (χ2n) is 4.16. The first-order valence-corrected chi connectivity index (χ1v) is 5.96. The first kappa shape index (κ1) is 12.1. The molecule has 1 N–H and O–H groups in total. The lowest BCUT2D eigenvalue weighted by Crippen LogP contribution is -2.59. The van der Waals surface area contributed by atoms with Gasteiger partial charge in [-0.15, -0.1) is 0 Å². The van der Waals surface area contributed by atoms with E-state index in [9.17, 15) is 4.79 Å². The quantitative estimate of drug-likeness (QED) is 0.827. The zero-order chi connectivity index (χ0) is 12.3. The molecule has 0 spiro atoms. The third-order valence-electron chi connectivity index (χ3n) is 2.85. The number of carbonyl (C=O) groups is 1. The molecule has 1 aliphatic heterocycles. The van der Waals surface area contributed by atoms with Crippen LogP contribution < -0.4 is 5.32 Å². The number of nitrogens with one attached hydrogen (secondary N) is 1. The molecule has 0 saturated carbocycles. The highest BCUT2D eigenvalue weighted by atomic mass is 35.5. The zero-order valence-electron chi connectivity index (χ0n) is 9.53. The fourth-order valence-electron chi connectivity index (χ4n) is 1.83. The van der Waals surface area contributed by atoms with Gasteiger partial charge in [0, 0.05) is 30.7 Å². The van der Waals surface area contributed by atoms with Gasteiger partial charge in [-0.1, -0.05) is 30.3 Å². The van der Waals surface area contributed by atoms with Crippen molar-refractivity contribution in [3.05, 3.63) is 47.5 Å². The van der Waals surface area contributed by atoms with Gasteiger partial charge in [-0.2, -0.15) is 0 Å². The normalized spacial score (nSPS) is 15.5. The number of rotatable bonds is 4. The highest BCUT2D eigenvalue weighted by Crippen LogP contribution is 2.12. The van der Waals surface area contributed by atoms with Crippen LogP contribution >= 0.6 is 11.6 Å². The summed E-state index contributed by atoms with van der Waals surface area (Å²) in [6.45, 7) is 5.76. The van der Waals surface area contributed by atoms with E-state index in [0.29, 0.717) is 6.04 Å². The summed E-state index contributed by atoms with van der Waals surface area (Å²) in [6.07, 6.45) is 1.35. The van der Waals surface area contributed by atoms with Crippen LogP contribution in [0.3, 0.4) is 0 Å². The summed E-state index contributed by atoms with van der Waals surface area (Å²) in [5.41, 5.74) is 1.16. The third-order valence-corrected chi connectivity index (χ3v) is 3.09. The van der Waals surface area contributed by atoms with Crippen molar-refractivity contribution in [2.24, 2.45) is 0 Å². The monoisotopic (exact) mass is 250 g/mol. The van der Waals surface area contributed by atoms with Crippen LogP contribution in [0.25, 0.3) is 0 Å². The van der Waals surface area contributed by atoms with Crippen LogP contribution in [0.15, 0.2) is 36.9 Å². The number of hydrogen-bond donors (Lipinski definition) is 1. The lowest BCUT2D eigenvalue weighted by atomic mass is 10.1. The minimum atomic E-state index is 0.00538. The number of halogens is 1. The molecule has 2 rings (SSSR count). The van der Waals surface area contributed by atoms with Crippen LogP contribution in [-0.4, -0.2) is 29.9 Å². The Morgan fingerprint density at radius 1 is 1.59 bits per heavy atom. The van der Waals surface area contributed by atoms with Gasteiger partial charge in [-0.05, 0) is 23.8 Å². The van der Waals surface area contributed by atoms with Crippen LogP contribution in [0.2, 0.25) is 5.02 Å². The summed E-state index contributed by atoms with van der Waals surface area (Å²) in [5, 5.41) is 4.14. The van der Waals surface area contributed by atoms with Gasteiger partial charge < -0.3 is 10.2 Å². The second kappa shape index (κ2) is 5.34. The molecule has 1 heterocycles. The number of carbonyl (C=O) groups excluding carboxylic acids is 1. The van der Waals surface area contributed by atoms with Crippen molar-refractivity contribution in [1.82, 2.24) is 10.2 Å². The second-order valence-corrected chi connectivity index (χ2v) is 4.59. The lowest BCUT2D eigenvalue weighted by Gasteiger charge is -2.39. The van der Waals surface area contributed by atoms with Crippen LogP contribution in [0, 0.1) is 0 Å². The van der Waals surface area contributed by atoms with E-state index in [-0.39, 0.29) is 5.91 Å². The Balaban J connectivity index is 1.75. The summed E-state index contributed by atoms with van der Waals surface area (Å²) in [5.74, 6) is 0.00538.